The summed E-state index contributed by atoms with van der Waals surface area (Å²) in [4.78, 5) is 10.4. The molecule has 15 heavy (non-hydrogen) atoms. The number of nitro groups is 1. The van der Waals surface area contributed by atoms with Crippen molar-refractivity contribution in [3.8, 4) is 5.69 Å². The van der Waals surface area contributed by atoms with E-state index >= 15 is 0 Å². The van der Waals surface area contributed by atoms with E-state index in [4.69, 9.17) is 0 Å². The van der Waals surface area contributed by atoms with Crippen LogP contribution in [0, 0.1) is 13.7 Å². The summed E-state index contributed by atoms with van der Waals surface area (Å²) >= 11 is 2.04. The second kappa shape index (κ2) is 3.97. The lowest BCUT2D eigenvalue weighted by Crippen LogP contribution is -2.00. The van der Waals surface area contributed by atoms with Gasteiger partial charge in [-0.25, -0.2) is 4.68 Å². The first kappa shape index (κ1) is 10.1. The largest absolute Gasteiger partial charge is 0.295 e. The third-order valence-corrected chi connectivity index (χ3v) is 2.56. The number of benzene rings is 1. The van der Waals surface area contributed by atoms with Crippen LogP contribution in [0.4, 0.5) is 5.69 Å². The average Bonchev–Trinajstić information content (AvgIpc) is 2.70. The standard InChI is InChI=1S/C9H6IN3O2/c10-7-2-3-8(9(6-7)13(14)15)12-5-1-4-11-12/h1-6H. The van der Waals surface area contributed by atoms with Crippen LogP contribution in [0.5, 0.6) is 0 Å². The molecule has 0 amide bonds. The topological polar surface area (TPSA) is 61.0 Å². The number of halogens is 1. The minimum atomic E-state index is -0.404. The molecule has 5 nitrogen and oxygen atoms in total. The van der Waals surface area contributed by atoms with Crippen LogP contribution in [-0.4, -0.2) is 14.7 Å². The van der Waals surface area contributed by atoms with Crippen molar-refractivity contribution in [1.29, 1.82) is 0 Å². The maximum Gasteiger partial charge on any atom is 0.295 e. The number of nitro benzene ring substituents is 1. The molecule has 0 radical (unpaired) electrons. The summed E-state index contributed by atoms with van der Waals surface area (Å²) in [5.74, 6) is 0. The van der Waals surface area contributed by atoms with Gasteiger partial charge in [-0.2, -0.15) is 5.10 Å². The highest BCUT2D eigenvalue weighted by molar-refractivity contribution is 14.1. The predicted octanol–water partition coefficient (Wildman–Crippen LogP) is 2.39. The minimum absolute atomic E-state index is 0.0607. The Morgan fingerprint density at radius 3 is 2.87 bits per heavy atom. The van der Waals surface area contributed by atoms with Gasteiger partial charge in [-0.1, -0.05) is 0 Å². The van der Waals surface area contributed by atoms with Gasteiger partial charge in [0, 0.05) is 22.0 Å². The van der Waals surface area contributed by atoms with E-state index in [1.807, 2.05) is 28.7 Å². The van der Waals surface area contributed by atoms with Crippen molar-refractivity contribution < 1.29 is 4.92 Å². The zero-order valence-electron chi connectivity index (χ0n) is 7.50. The number of hydrogen-bond acceptors (Lipinski definition) is 3. The van der Waals surface area contributed by atoms with E-state index in [9.17, 15) is 10.1 Å². The number of nitrogens with zero attached hydrogens (tertiary/aromatic N) is 3. The molecule has 0 atom stereocenters. The lowest BCUT2D eigenvalue weighted by Gasteiger charge is -2.02. The summed E-state index contributed by atoms with van der Waals surface area (Å²) in [6, 6.07) is 6.75. The van der Waals surface area contributed by atoms with Crippen molar-refractivity contribution in [2.75, 3.05) is 0 Å². The maximum absolute atomic E-state index is 10.8. The SMILES string of the molecule is O=[N+]([O-])c1cc(I)ccc1-n1cccn1. The van der Waals surface area contributed by atoms with Crippen molar-refractivity contribution in [2.45, 2.75) is 0 Å². The Morgan fingerprint density at radius 1 is 1.47 bits per heavy atom. The van der Waals surface area contributed by atoms with Gasteiger partial charge >= 0.3 is 0 Å². The van der Waals surface area contributed by atoms with Crippen molar-refractivity contribution in [1.82, 2.24) is 9.78 Å². The van der Waals surface area contributed by atoms with Gasteiger partial charge in [0.1, 0.15) is 5.69 Å². The third-order valence-electron chi connectivity index (χ3n) is 1.89. The molecule has 0 aliphatic heterocycles. The minimum Gasteiger partial charge on any atom is -0.258 e. The second-order valence-electron chi connectivity index (χ2n) is 2.84. The molecule has 2 rings (SSSR count). The predicted molar refractivity (Wildman–Crippen MR) is 62.9 cm³/mol. The van der Waals surface area contributed by atoms with E-state index in [1.54, 1.807) is 24.5 Å². The highest BCUT2D eigenvalue weighted by atomic mass is 127. The van der Waals surface area contributed by atoms with Crippen LogP contribution in [-0.2, 0) is 0 Å². The molecule has 2 aromatic rings. The van der Waals surface area contributed by atoms with E-state index in [-0.39, 0.29) is 5.69 Å². The second-order valence-corrected chi connectivity index (χ2v) is 4.09. The van der Waals surface area contributed by atoms with Gasteiger partial charge in [0.2, 0.25) is 0 Å². The molecule has 0 aliphatic rings. The number of hydrogen-bond donors (Lipinski definition) is 0. The number of rotatable bonds is 2. The van der Waals surface area contributed by atoms with E-state index in [0.717, 1.165) is 3.57 Å². The fourth-order valence-electron chi connectivity index (χ4n) is 1.25. The summed E-state index contributed by atoms with van der Waals surface area (Å²) < 4.78 is 2.31. The van der Waals surface area contributed by atoms with E-state index in [1.165, 1.54) is 10.7 Å². The van der Waals surface area contributed by atoms with Crippen LogP contribution in [0.25, 0.3) is 5.69 Å². The molecule has 1 aromatic heterocycles. The normalized spacial score (nSPS) is 10.2. The Bertz CT molecular complexity index is 496. The molecule has 76 valence electrons. The molecule has 1 aromatic carbocycles. The zero-order chi connectivity index (χ0) is 10.8. The first-order valence-corrected chi connectivity index (χ1v) is 5.20. The third kappa shape index (κ3) is 1.99. The van der Waals surface area contributed by atoms with E-state index in [0.29, 0.717) is 5.69 Å². The molecule has 0 bridgehead atoms. The monoisotopic (exact) mass is 315 g/mol. The fraction of sp³-hybridized carbons (Fsp3) is 0. The number of aromatic nitrogens is 2. The van der Waals surface area contributed by atoms with Gasteiger partial charge in [-0.3, -0.25) is 10.1 Å². The van der Waals surface area contributed by atoms with Crippen molar-refractivity contribution in [3.63, 3.8) is 0 Å². The Balaban J connectivity index is 2.61. The van der Waals surface area contributed by atoms with Crippen LogP contribution < -0.4 is 0 Å². The molecule has 0 saturated heterocycles. The lowest BCUT2D eigenvalue weighted by atomic mass is 10.3. The maximum atomic E-state index is 10.8. The highest BCUT2D eigenvalue weighted by Gasteiger charge is 2.15. The summed E-state index contributed by atoms with van der Waals surface area (Å²) in [6.45, 7) is 0. The molecule has 1 heterocycles. The Hall–Kier alpha value is -1.44. The summed E-state index contributed by atoms with van der Waals surface area (Å²) in [7, 11) is 0. The summed E-state index contributed by atoms with van der Waals surface area (Å²) in [6.07, 6.45) is 3.26. The van der Waals surface area contributed by atoms with Gasteiger partial charge in [0.25, 0.3) is 5.69 Å². The summed E-state index contributed by atoms with van der Waals surface area (Å²) in [5.41, 5.74) is 0.538. The van der Waals surface area contributed by atoms with Gasteiger partial charge in [0.05, 0.1) is 4.92 Å². The van der Waals surface area contributed by atoms with E-state index in [2.05, 4.69) is 5.10 Å². The van der Waals surface area contributed by atoms with Crippen LogP contribution in [0.2, 0.25) is 0 Å². The van der Waals surface area contributed by atoms with Crippen LogP contribution in [0.15, 0.2) is 36.7 Å². The molecule has 0 saturated carbocycles. The van der Waals surface area contributed by atoms with Gasteiger partial charge in [-0.05, 0) is 40.8 Å². The highest BCUT2D eigenvalue weighted by Crippen LogP contribution is 2.24. The van der Waals surface area contributed by atoms with Gasteiger partial charge in [0.15, 0.2) is 0 Å². The van der Waals surface area contributed by atoms with E-state index < -0.39 is 4.92 Å². The van der Waals surface area contributed by atoms with Crippen molar-refractivity contribution in [3.05, 3.63) is 50.3 Å². The summed E-state index contributed by atoms with van der Waals surface area (Å²) in [5, 5.41) is 14.8. The first-order chi connectivity index (χ1) is 7.18. The van der Waals surface area contributed by atoms with Crippen LogP contribution in [0.1, 0.15) is 0 Å². The molecule has 0 N–H and O–H groups in total. The molecule has 0 spiro atoms. The van der Waals surface area contributed by atoms with Gasteiger partial charge in [-0.15, -0.1) is 0 Å². The molecule has 0 unspecified atom stereocenters. The van der Waals surface area contributed by atoms with Crippen LogP contribution in [0.3, 0.4) is 0 Å². The molecule has 0 aliphatic carbocycles. The average molecular weight is 315 g/mol. The quantitative estimate of drug-likeness (QED) is 0.486. The Labute approximate surface area is 99.0 Å². The Morgan fingerprint density at radius 2 is 2.27 bits per heavy atom. The van der Waals surface area contributed by atoms with Crippen molar-refractivity contribution in [2.24, 2.45) is 0 Å². The first-order valence-electron chi connectivity index (χ1n) is 4.12. The molecule has 6 heteroatoms. The molecule has 0 fully saturated rings. The van der Waals surface area contributed by atoms with Crippen molar-refractivity contribution >= 4 is 28.3 Å². The Kier molecular flexibility index (Phi) is 2.67. The molecular formula is C9H6IN3O2. The zero-order valence-corrected chi connectivity index (χ0v) is 9.66. The van der Waals surface area contributed by atoms with Gasteiger partial charge < -0.3 is 0 Å². The lowest BCUT2D eigenvalue weighted by molar-refractivity contribution is -0.384. The molecular weight excluding hydrogens is 309 g/mol. The van der Waals surface area contributed by atoms with Crippen LogP contribution >= 0.6 is 22.6 Å². The fourth-order valence-corrected chi connectivity index (χ4v) is 1.72. The smallest absolute Gasteiger partial charge is 0.258 e.